The minimum atomic E-state index is -0.00360. The second-order valence-electron chi connectivity index (χ2n) is 7.87. The van der Waals surface area contributed by atoms with E-state index in [1.165, 1.54) is 11.3 Å². The molecular weight excluding hydrogens is 276 g/mol. The molecule has 3 aliphatic rings. The lowest BCUT2D eigenvalue weighted by Gasteiger charge is -2.52. The predicted molar refractivity (Wildman–Crippen MR) is 82.3 cm³/mol. The smallest absolute Gasteiger partial charge is 0.309 e. The quantitative estimate of drug-likeness (QED) is 0.691. The van der Waals surface area contributed by atoms with Crippen molar-refractivity contribution in [2.24, 2.45) is 23.2 Å². The Bertz CT molecular complexity index is 644. The van der Waals surface area contributed by atoms with Crippen molar-refractivity contribution in [3.63, 3.8) is 0 Å². The first kappa shape index (κ1) is 14.2. The SMILES string of the molecule is Cc1ncc2c(n1)[C@H](C)[C@@H]1[C@@H]3OC(=O)[C@H](C)[C@@H]3CC[C@]1(C)C2. The molecule has 1 aromatic rings. The number of fused-ring (bicyclic) bond motifs is 4. The molecule has 0 spiro atoms. The summed E-state index contributed by atoms with van der Waals surface area (Å²) in [6.07, 6.45) is 5.34. The van der Waals surface area contributed by atoms with Crippen molar-refractivity contribution in [3.05, 3.63) is 23.3 Å². The van der Waals surface area contributed by atoms with Crippen LogP contribution in [0.25, 0.3) is 0 Å². The molecule has 0 aromatic carbocycles. The molecule has 2 aliphatic carbocycles. The molecule has 0 radical (unpaired) electrons. The van der Waals surface area contributed by atoms with Crippen LogP contribution in [0.1, 0.15) is 56.6 Å². The number of carbonyl (C=O) groups excluding carboxylic acids is 1. The summed E-state index contributed by atoms with van der Waals surface area (Å²) in [4.78, 5) is 21.2. The molecule has 118 valence electrons. The summed E-state index contributed by atoms with van der Waals surface area (Å²) in [7, 11) is 0. The molecule has 0 bridgehead atoms. The molecule has 2 heterocycles. The maximum Gasteiger partial charge on any atom is 0.309 e. The lowest BCUT2D eigenvalue weighted by Crippen LogP contribution is -2.50. The van der Waals surface area contributed by atoms with Crippen LogP contribution < -0.4 is 0 Å². The van der Waals surface area contributed by atoms with Gasteiger partial charge >= 0.3 is 5.97 Å². The van der Waals surface area contributed by atoms with E-state index in [1.807, 2.05) is 20.0 Å². The molecule has 4 heteroatoms. The second-order valence-corrected chi connectivity index (χ2v) is 7.87. The van der Waals surface area contributed by atoms with E-state index in [9.17, 15) is 4.79 Å². The Morgan fingerprint density at radius 1 is 1.32 bits per heavy atom. The Kier molecular flexibility index (Phi) is 2.91. The van der Waals surface area contributed by atoms with E-state index in [2.05, 4.69) is 18.8 Å². The number of rotatable bonds is 0. The number of aryl methyl sites for hydroxylation is 1. The standard InChI is InChI=1S/C18H24N2O2/c1-9-13-5-6-18(4)7-12-8-19-11(3)20-15(12)10(2)14(18)16(13)22-17(9)21/h8-10,13-14,16H,5-7H2,1-4H3/t9-,10-,13+,14-,16-,18-/m1/s1. The summed E-state index contributed by atoms with van der Waals surface area (Å²) in [5.74, 6) is 1.96. The monoisotopic (exact) mass is 300 g/mol. The summed E-state index contributed by atoms with van der Waals surface area (Å²) >= 11 is 0. The molecule has 4 rings (SSSR count). The number of aromatic nitrogens is 2. The first-order valence-electron chi connectivity index (χ1n) is 8.43. The van der Waals surface area contributed by atoms with Gasteiger partial charge in [-0.05, 0) is 37.2 Å². The molecule has 0 unspecified atom stereocenters. The van der Waals surface area contributed by atoms with Crippen LogP contribution in [0, 0.1) is 30.1 Å². The average Bonchev–Trinajstić information content (AvgIpc) is 2.74. The van der Waals surface area contributed by atoms with Gasteiger partial charge in [0.2, 0.25) is 0 Å². The highest BCUT2D eigenvalue weighted by atomic mass is 16.6. The highest BCUT2D eigenvalue weighted by molar-refractivity contribution is 5.75. The largest absolute Gasteiger partial charge is 0.461 e. The Balaban J connectivity index is 1.79. The number of nitrogens with zero attached hydrogens (tertiary/aromatic N) is 2. The van der Waals surface area contributed by atoms with E-state index in [1.54, 1.807) is 0 Å². The zero-order chi connectivity index (χ0) is 15.6. The lowest BCUT2D eigenvalue weighted by atomic mass is 9.53. The number of hydrogen-bond acceptors (Lipinski definition) is 4. The van der Waals surface area contributed by atoms with Gasteiger partial charge in [0.05, 0.1) is 11.6 Å². The van der Waals surface area contributed by atoms with E-state index in [-0.39, 0.29) is 23.4 Å². The second kappa shape index (κ2) is 4.53. The molecule has 1 saturated carbocycles. The van der Waals surface area contributed by atoms with Crippen molar-refractivity contribution >= 4 is 5.97 Å². The summed E-state index contributed by atoms with van der Waals surface area (Å²) in [6, 6.07) is 0. The van der Waals surface area contributed by atoms with Crippen LogP contribution in [0.4, 0.5) is 0 Å². The third kappa shape index (κ3) is 1.79. The molecular formula is C18H24N2O2. The summed E-state index contributed by atoms with van der Waals surface area (Å²) in [5, 5.41) is 0. The van der Waals surface area contributed by atoms with Crippen LogP contribution in [0.5, 0.6) is 0 Å². The molecule has 0 N–H and O–H groups in total. The molecule has 6 atom stereocenters. The van der Waals surface area contributed by atoms with Crippen molar-refractivity contribution in [1.82, 2.24) is 9.97 Å². The number of carbonyl (C=O) groups is 1. The van der Waals surface area contributed by atoms with Gasteiger partial charge in [0.15, 0.2) is 0 Å². The molecule has 4 nitrogen and oxygen atoms in total. The zero-order valence-electron chi connectivity index (χ0n) is 13.8. The Labute approximate surface area is 131 Å². The van der Waals surface area contributed by atoms with E-state index >= 15 is 0 Å². The average molecular weight is 300 g/mol. The molecule has 1 aromatic heterocycles. The highest BCUT2D eigenvalue weighted by Crippen LogP contribution is 2.58. The van der Waals surface area contributed by atoms with Crippen LogP contribution in [-0.2, 0) is 16.0 Å². The fourth-order valence-corrected chi connectivity index (χ4v) is 5.34. The van der Waals surface area contributed by atoms with Gasteiger partial charge < -0.3 is 4.74 Å². The number of esters is 1. The van der Waals surface area contributed by atoms with E-state index in [4.69, 9.17) is 9.72 Å². The highest BCUT2D eigenvalue weighted by Gasteiger charge is 2.58. The third-order valence-corrected chi connectivity index (χ3v) is 6.48. The topological polar surface area (TPSA) is 52.1 Å². The van der Waals surface area contributed by atoms with Gasteiger partial charge in [-0.25, -0.2) is 9.97 Å². The van der Waals surface area contributed by atoms with E-state index in [0.717, 1.165) is 25.1 Å². The van der Waals surface area contributed by atoms with Gasteiger partial charge in [-0.2, -0.15) is 0 Å². The molecule has 2 fully saturated rings. The van der Waals surface area contributed by atoms with Crippen molar-refractivity contribution in [3.8, 4) is 0 Å². The minimum Gasteiger partial charge on any atom is -0.461 e. The summed E-state index contributed by atoms with van der Waals surface area (Å²) in [6.45, 7) is 8.60. The van der Waals surface area contributed by atoms with Crippen molar-refractivity contribution in [2.45, 2.75) is 59.0 Å². The van der Waals surface area contributed by atoms with Gasteiger partial charge in [0, 0.05) is 24.0 Å². The molecule has 22 heavy (non-hydrogen) atoms. The molecule has 1 saturated heterocycles. The van der Waals surface area contributed by atoms with Crippen LogP contribution in [-0.4, -0.2) is 22.0 Å². The predicted octanol–water partition coefficient (Wildman–Crippen LogP) is 3.04. The molecule has 1 aliphatic heterocycles. The van der Waals surface area contributed by atoms with E-state index in [0.29, 0.717) is 17.8 Å². The summed E-state index contributed by atoms with van der Waals surface area (Å²) < 4.78 is 5.85. The van der Waals surface area contributed by atoms with Crippen LogP contribution in [0.15, 0.2) is 6.20 Å². The lowest BCUT2D eigenvalue weighted by molar-refractivity contribution is -0.149. The van der Waals surface area contributed by atoms with Crippen molar-refractivity contribution in [1.29, 1.82) is 0 Å². The normalized spacial score (nSPS) is 43.1. The third-order valence-electron chi connectivity index (χ3n) is 6.48. The van der Waals surface area contributed by atoms with Gasteiger partial charge in [-0.1, -0.05) is 20.8 Å². The Hall–Kier alpha value is -1.45. The van der Waals surface area contributed by atoms with Crippen LogP contribution >= 0.6 is 0 Å². The van der Waals surface area contributed by atoms with Gasteiger partial charge in [0.25, 0.3) is 0 Å². The van der Waals surface area contributed by atoms with Gasteiger partial charge in [-0.15, -0.1) is 0 Å². The fraction of sp³-hybridized carbons (Fsp3) is 0.722. The summed E-state index contributed by atoms with van der Waals surface area (Å²) in [5.41, 5.74) is 2.65. The first-order valence-corrected chi connectivity index (χ1v) is 8.43. The molecule has 0 amide bonds. The zero-order valence-corrected chi connectivity index (χ0v) is 13.8. The number of hydrogen-bond donors (Lipinski definition) is 0. The number of ether oxygens (including phenoxy) is 1. The van der Waals surface area contributed by atoms with E-state index < -0.39 is 0 Å². The Morgan fingerprint density at radius 2 is 2.09 bits per heavy atom. The first-order chi connectivity index (χ1) is 10.4. The maximum absolute atomic E-state index is 12.1. The van der Waals surface area contributed by atoms with Crippen molar-refractivity contribution in [2.75, 3.05) is 0 Å². The van der Waals surface area contributed by atoms with Crippen LogP contribution in [0.3, 0.4) is 0 Å². The fourth-order valence-electron chi connectivity index (χ4n) is 5.34. The Morgan fingerprint density at radius 3 is 2.86 bits per heavy atom. The van der Waals surface area contributed by atoms with Gasteiger partial charge in [0.1, 0.15) is 11.9 Å². The maximum atomic E-state index is 12.1. The van der Waals surface area contributed by atoms with Crippen LogP contribution in [0.2, 0.25) is 0 Å². The minimum absolute atomic E-state index is 0.00360. The van der Waals surface area contributed by atoms with Gasteiger partial charge in [-0.3, -0.25) is 4.79 Å². The van der Waals surface area contributed by atoms with Crippen molar-refractivity contribution < 1.29 is 9.53 Å².